The Morgan fingerprint density at radius 2 is 1.97 bits per heavy atom. The van der Waals surface area contributed by atoms with Crippen LogP contribution in [0.4, 0.5) is 5.00 Å². The molecule has 0 unspecified atom stereocenters. The highest BCUT2D eigenvalue weighted by Crippen LogP contribution is 2.34. The lowest BCUT2D eigenvalue weighted by Gasteiger charge is -2.43. The van der Waals surface area contributed by atoms with Crippen LogP contribution in [0.5, 0.6) is 5.75 Å². The van der Waals surface area contributed by atoms with Gasteiger partial charge >= 0.3 is 0 Å². The molecule has 2 aliphatic heterocycles. The van der Waals surface area contributed by atoms with Crippen molar-refractivity contribution < 1.29 is 14.3 Å². The average Bonchev–Trinajstić information content (AvgIpc) is 3.04. The first-order valence-corrected chi connectivity index (χ1v) is 11.3. The topological polar surface area (TPSA) is 84.7 Å². The van der Waals surface area contributed by atoms with E-state index in [0.717, 1.165) is 15.9 Å². The van der Waals surface area contributed by atoms with Gasteiger partial charge in [0.1, 0.15) is 5.75 Å². The number of nitrogens with two attached hydrogens (primary N) is 1. The summed E-state index contributed by atoms with van der Waals surface area (Å²) in [5.74, 6) is 0.480. The number of anilines is 1. The zero-order chi connectivity index (χ0) is 21.3. The number of aryl methyl sites for hydroxylation is 1. The number of piperidine rings is 1. The number of carbonyl (C=O) groups is 2. The SMILES string of the molecule is Cc1c(N)sc2ccccc12.O=CN1CCC2(CC1)NC(=O)c1cc(Br)ccc1O2. The Morgan fingerprint density at radius 3 is 2.67 bits per heavy atom. The maximum atomic E-state index is 12.2. The number of likely N-dealkylation sites (tertiary alicyclic amines) is 1. The molecule has 1 fully saturated rings. The summed E-state index contributed by atoms with van der Waals surface area (Å²) in [6, 6.07) is 13.7. The monoisotopic (exact) mass is 487 g/mol. The smallest absolute Gasteiger partial charge is 0.258 e. The standard InChI is InChI=1S/C13H13BrN2O3.C9H9NS/c14-9-1-2-11-10(7-9)12(18)15-13(19-11)3-5-16(8-17)6-4-13;1-6-7-4-2-3-5-8(7)11-9(6)10/h1-2,7-8H,3-6H2,(H,15,18);2-5H,10H2,1H3. The molecule has 0 radical (unpaired) electrons. The molecule has 5 rings (SSSR count). The molecule has 156 valence electrons. The molecule has 3 N–H and O–H groups in total. The molecule has 0 atom stereocenters. The summed E-state index contributed by atoms with van der Waals surface area (Å²) in [6.07, 6.45) is 2.04. The first-order chi connectivity index (χ1) is 14.4. The minimum atomic E-state index is -0.669. The van der Waals surface area contributed by atoms with Gasteiger partial charge in [0.25, 0.3) is 5.91 Å². The van der Waals surface area contributed by atoms with Crippen LogP contribution in [0.3, 0.4) is 0 Å². The highest BCUT2D eigenvalue weighted by atomic mass is 79.9. The van der Waals surface area contributed by atoms with Crippen molar-refractivity contribution in [2.75, 3.05) is 18.8 Å². The maximum Gasteiger partial charge on any atom is 0.258 e. The first kappa shape index (κ1) is 20.7. The highest BCUT2D eigenvalue weighted by Gasteiger charge is 2.42. The Bertz CT molecular complexity index is 1110. The second kappa shape index (κ2) is 8.28. The van der Waals surface area contributed by atoms with Crippen LogP contribution in [0, 0.1) is 6.92 Å². The summed E-state index contributed by atoms with van der Waals surface area (Å²) in [7, 11) is 0. The van der Waals surface area contributed by atoms with E-state index >= 15 is 0 Å². The third-order valence-electron chi connectivity index (χ3n) is 5.47. The van der Waals surface area contributed by atoms with Gasteiger partial charge < -0.3 is 20.7 Å². The van der Waals surface area contributed by atoms with Gasteiger partial charge in [-0.1, -0.05) is 34.1 Å². The molecule has 0 aliphatic carbocycles. The van der Waals surface area contributed by atoms with Gasteiger partial charge in [-0.3, -0.25) is 9.59 Å². The van der Waals surface area contributed by atoms with Crippen LogP contribution >= 0.6 is 27.3 Å². The Kier molecular flexibility index (Phi) is 5.71. The lowest BCUT2D eigenvalue weighted by Crippen LogP contribution is -2.60. The maximum absolute atomic E-state index is 12.2. The van der Waals surface area contributed by atoms with Gasteiger partial charge in [-0.25, -0.2) is 0 Å². The van der Waals surface area contributed by atoms with Gasteiger partial charge in [0.15, 0.2) is 5.72 Å². The number of nitrogens with one attached hydrogen (secondary N) is 1. The fourth-order valence-electron chi connectivity index (χ4n) is 3.69. The summed E-state index contributed by atoms with van der Waals surface area (Å²) >= 11 is 5.00. The summed E-state index contributed by atoms with van der Waals surface area (Å²) in [5.41, 5.74) is 6.86. The largest absolute Gasteiger partial charge is 0.467 e. The summed E-state index contributed by atoms with van der Waals surface area (Å²) < 4.78 is 8.11. The number of ether oxygens (including phenoxy) is 1. The number of benzene rings is 2. The summed E-state index contributed by atoms with van der Waals surface area (Å²) in [5, 5.41) is 5.16. The van der Waals surface area contributed by atoms with E-state index in [1.54, 1.807) is 28.4 Å². The molecule has 2 amide bonds. The highest BCUT2D eigenvalue weighted by molar-refractivity contribution is 9.10. The van der Waals surface area contributed by atoms with Crippen LogP contribution in [-0.4, -0.2) is 36.0 Å². The van der Waals surface area contributed by atoms with Crippen molar-refractivity contribution in [1.29, 1.82) is 0 Å². The fraction of sp³-hybridized carbons (Fsp3) is 0.273. The number of halogens is 1. The predicted octanol–water partition coefficient (Wildman–Crippen LogP) is 4.31. The van der Waals surface area contributed by atoms with Crippen molar-refractivity contribution in [1.82, 2.24) is 10.2 Å². The lowest BCUT2D eigenvalue weighted by atomic mass is 9.97. The third-order valence-corrected chi connectivity index (χ3v) is 7.06. The Morgan fingerprint density at radius 1 is 1.23 bits per heavy atom. The minimum absolute atomic E-state index is 0.123. The van der Waals surface area contributed by atoms with Crippen LogP contribution in [0.1, 0.15) is 28.8 Å². The van der Waals surface area contributed by atoms with Crippen LogP contribution in [0.2, 0.25) is 0 Å². The molecule has 0 bridgehead atoms. The number of amides is 2. The summed E-state index contributed by atoms with van der Waals surface area (Å²) in [6.45, 7) is 3.25. The van der Waals surface area contributed by atoms with Crippen molar-refractivity contribution in [3.63, 3.8) is 0 Å². The number of hydrogen-bond acceptors (Lipinski definition) is 5. The molecular weight excluding hydrogens is 466 g/mol. The van der Waals surface area contributed by atoms with Crippen molar-refractivity contribution in [3.05, 3.63) is 58.1 Å². The fourth-order valence-corrected chi connectivity index (χ4v) is 5.03. The summed E-state index contributed by atoms with van der Waals surface area (Å²) in [4.78, 5) is 24.6. The molecule has 8 heteroatoms. The van der Waals surface area contributed by atoms with Gasteiger partial charge in [0.05, 0.1) is 10.6 Å². The van der Waals surface area contributed by atoms with Gasteiger partial charge in [0, 0.05) is 35.1 Å². The number of rotatable bonds is 1. The van der Waals surface area contributed by atoms with Crippen molar-refractivity contribution in [3.8, 4) is 5.75 Å². The van der Waals surface area contributed by atoms with E-state index in [1.807, 2.05) is 18.2 Å². The normalized spacial score (nSPS) is 16.9. The van der Waals surface area contributed by atoms with E-state index in [1.165, 1.54) is 15.6 Å². The molecule has 2 aromatic carbocycles. The zero-order valence-corrected chi connectivity index (χ0v) is 18.9. The first-order valence-electron chi connectivity index (χ1n) is 9.65. The minimum Gasteiger partial charge on any atom is -0.467 e. The molecule has 3 aromatic rings. The zero-order valence-electron chi connectivity index (χ0n) is 16.5. The van der Waals surface area contributed by atoms with E-state index in [9.17, 15) is 9.59 Å². The van der Waals surface area contributed by atoms with E-state index in [-0.39, 0.29) is 5.91 Å². The second-order valence-electron chi connectivity index (χ2n) is 7.42. The Balaban J connectivity index is 0.000000168. The van der Waals surface area contributed by atoms with E-state index < -0.39 is 5.72 Å². The molecule has 1 saturated heterocycles. The van der Waals surface area contributed by atoms with Gasteiger partial charge in [0.2, 0.25) is 6.41 Å². The van der Waals surface area contributed by atoms with Crippen molar-refractivity contribution in [2.24, 2.45) is 0 Å². The number of nitrogen functional groups attached to an aromatic ring is 1. The Hall–Kier alpha value is -2.58. The number of fused-ring (bicyclic) bond motifs is 2. The quantitative estimate of drug-likeness (QED) is 0.500. The number of thiophene rings is 1. The molecule has 1 spiro atoms. The van der Waals surface area contributed by atoms with E-state index in [4.69, 9.17) is 10.5 Å². The van der Waals surface area contributed by atoms with Crippen molar-refractivity contribution in [2.45, 2.75) is 25.5 Å². The van der Waals surface area contributed by atoms with Gasteiger partial charge in [-0.2, -0.15) is 0 Å². The molecule has 3 heterocycles. The number of carbonyl (C=O) groups excluding carboxylic acids is 2. The van der Waals surface area contributed by atoms with Crippen LogP contribution in [0.15, 0.2) is 46.9 Å². The predicted molar refractivity (Wildman–Crippen MR) is 123 cm³/mol. The van der Waals surface area contributed by atoms with E-state index in [0.29, 0.717) is 37.2 Å². The second-order valence-corrected chi connectivity index (χ2v) is 9.42. The molecule has 1 aromatic heterocycles. The van der Waals surface area contributed by atoms with Gasteiger partial charge in [-0.15, -0.1) is 11.3 Å². The molecule has 6 nitrogen and oxygen atoms in total. The van der Waals surface area contributed by atoms with Crippen LogP contribution in [0.25, 0.3) is 10.1 Å². The molecule has 2 aliphatic rings. The van der Waals surface area contributed by atoms with Gasteiger partial charge in [-0.05, 0) is 42.1 Å². The molecule has 0 saturated carbocycles. The lowest BCUT2D eigenvalue weighted by molar-refractivity contribution is -0.122. The third kappa shape index (κ3) is 4.02. The molecule has 30 heavy (non-hydrogen) atoms. The van der Waals surface area contributed by atoms with Crippen LogP contribution < -0.4 is 15.8 Å². The average molecular weight is 488 g/mol. The van der Waals surface area contributed by atoms with Crippen LogP contribution in [-0.2, 0) is 4.79 Å². The number of hydrogen-bond donors (Lipinski definition) is 2. The Labute approximate surface area is 187 Å². The van der Waals surface area contributed by atoms with E-state index in [2.05, 4.69) is 40.3 Å². The number of nitrogens with zero attached hydrogens (tertiary/aromatic N) is 1. The van der Waals surface area contributed by atoms with Crippen molar-refractivity contribution >= 4 is 54.7 Å². The molecular formula is C22H22BrN3O3S.